The third-order valence-electron chi connectivity index (χ3n) is 28.4. The van der Waals surface area contributed by atoms with Gasteiger partial charge in [-0.25, -0.2) is 44.9 Å². The second kappa shape index (κ2) is 37.0. The fourth-order valence-corrected chi connectivity index (χ4v) is 21.2. The molecular formula is C135H84N12O3. The maximum absolute atomic E-state index is 6.44. The topological polar surface area (TPSA) is 170 Å². The Labute approximate surface area is 859 Å². The Kier molecular flexibility index (Phi) is 21.5. The minimum atomic E-state index is 0.564. The smallest absolute Gasteiger partial charge is 0.167 e. The molecule has 0 bridgehead atoms. The van der Waals surface area contributed by atoms with Gasteiger partial charge in [0.15, 0.2) is 52.4 Å². The zero-order chi connectivity index (χ0) is 99.1. The summed E-state index contributed by atoms with van der Waals surface area (Å²) in [6, 6.07) is 176. The number of rotatable bonds is 15. The minimum Gasteiger partial charge on any atom is -0.456 e. The number of para-hydroxylation sites is 10. The number of aromatic nitrogens is 12. The van der Waals surface area contributed by atoms with Gasteiger partial charge in [-0.1, -0.05) is 346 Å². The molecule has 0 spiro atoms. The van der Waals surface area contributed by atoms with E-state index in [0.717, 1.165) is 210 Å². The molecule has 30 aromatic rings. The largest absolute Gasteiger partial charge is 0.456 e. The lowest BCUT2D eigenvalue weighted by Crippen LogP contribution is -2.00. The highest BCUT2D eigenvalue weighted by molar-refractivity contribution is 6.15. The van der Waals surface area contributed by atoms with Crippen LogP contribution in [0.2, 0.25) is 0 Å². The maximum atomic E-state index is 6.44. The Morgan fingerprint density at radius 2 is 0.360 bits per heavy atom. The van der Waals surface area contributed by atoms with Crippen molar-refractivity contribution in [1.82, 2.24) is 58.6 Å². The highest BCUT2D eigenvalue weighted by atomic mass is 16.3. The van der Waals surface area contributed by atoms with E-state index in [0.29, 0.717) is 52.4 Å². The fourth-order valence-electron chi connectivity index (χ4n) is 21.2. The third-order valence-corrected chi connectivity index (χ3v) is 28.4. The summed E-state index contributed by atoms with van der Waals surface area (Å²) < 4.78 is 25.8. The molecule has 0 atom stereocenters. The molecule has 9 heterocycles. The molecule has 0 N–H and O–H groups in total. The Morgan fingerprint density at radius 3 is 0.740 bits per heavy atom. The van der Waals surface area contributed by atoms with Crippen molar-refractivity contribution in [3.63, 3.8) is 0 Å². The lowest BCUT2D eigenvalue weighted by molar-refractivity contribution is 0.668. The molecule has 150 heavy (non-hydrogen) atoms. The van der Waals surface area contributed by atoms with Gasteiger partial charge in [-0.3, -0.25) is 0 Å². The van der Waals surface area contributed by atoms with Crippen molar-refractivity contribution >= 4 is 131 Å². The van der Waals surface area contributed by atoms with Gasteiger partial charge in [0.25, 0.3) is 0 Å². The van der Waals surface area contributed by atoms with Crippen LogP contribution in [0.25, 0.3) is 284 Å². The van der Waals surface area contributed by atoms with Gasteiger partial charge in [-0.2, -0.15) is 0 Å². The summed E-state index contributed by atoms with van der Waals surface area (Å²) in [7, 11) is 0. The summed E-state index contributed by atoms with van der Waals surface area (Å²) in [6.45, 7) is 0. The number of nitrogens with zero attached hydrogens (tertiary/aromatic N) is 12. The van der Waals surface area contributed by atoms with Crippen LogP contribution in [-0.2, 0) is 0 Å². The summed E-state index contributed by atoms with van der Waals surface area (Å²) in [5.74, 6) is 5.42. The van der Waals surface area contributed by atoms with E-state index in [1.165, 1.54) is 21.7 Å². The number of benzene rings is 21. The summed E-state index contributed by atoms with van der Waals surface area (Å²) >= 11 is 0. The molecule has 15 heteroatoms. The van der Waals surface area contributed by atoms with Gasteiger partial charge < -0.3 is 27.0 Å². The predicted molar refractivity (Wildman–Crippen MR) is 610 cm³/mol. The second-order valence-corrected chi connectivity index (χ2v) is 37.4. The molecule has 0 unspecified atom stereocenters. The standard InChI is InChI=1S/3C45H28N4O/c1-3-12-29(13-4-1)30-22-24-31(25-23-30)43-46-44(48-45(47-43)37-19-11-18-36-35-17-8-10-21-41(35)50-42(36)37)32-26-27-40-38(28-32)34-16-7-9-20-39(34)49(40)33-14-5-2-6-15-33;1-3-11-29(12-4-1)30-19-21-31(22-20-30)43-46-44(48-45(47-43)33-23-25-37-36-16-8-10-18-41(36)50-42(37)28-33)32-24-26-40-38(27-32)35-15-7-9-17-39(35)49(40)34-13-5-2-6-14-34;1-3-11-29(12-4-1)30-19-21-31(22-20-30)43-46-44(48-45(47-43)33-24-26-42-38(28-33)36-16-8-10-18-41(36)50-42)32-23-25-40-37(27-32)35-15-7-9-17-39(35)49(40)34-13-5-2-6-14-34/h3*1-28H. The van der Waals surface area contributed by atoms with Crippen LogP contribution in [0.1, 0.15) is 0 Å². The van der Waals surface area contributed by atoms with E-state index < -0.39 is 0 Å². The van der Waals surface area contributed by atoms with Crippen molar-refractivity contribution in [1.29, 1.82) is 0 Å². The molecule has 0 fully saturated rings. The summed E-state index contributed by atoms with van der Waals surface area (Å²) in [4.78, 5) is 45.9. The number of fused-ring (bicyclic) bond motifs is 18. The molecular weight excluding hydrogens is 1840 g/mol. The van der Waals surface area contributed by atoms with Crippen LogP contribution in [0.5, 0.6) is 0 Å². The van der Waals surface area contributed by atoms with Crippen LogP contribution in [0.15, 0.2) is 523 Å². The lowest BCUT2D eigenvalue weighted by Gasteiger charge is -2.10. The monoisotopic (exact) mass is 1920 g/mol. The predicted octanol–water partition coefficient (Wildman–Crippen LogP) is 34.6. The first kappa shape index (κ1) is 87.3. The molecule has 0 radical (unpaired) electrons. The Balaban J connectivity index is 0.000000108. The van der Waals surface area contributed by atoms with Crippen molar-refractivity contribution in [3.05, 3.63) is 510 Å². The minimum absolute atomic E-state index is 0.564. The second-order valence-electron chi connectivity index (χ2n) is 37.4. The molecule has 0 aliphatic carbocycles. The third kappa shape index (κ3) is 15.9. The van der Waals surface area contributed by atoms with Crippen LogP contribution >= 0.6 is 0 Å². The van der Waals surface area contributed by atoms with Crippen molar-refractivity contribution in [2.75, 3.05) is 0 Å². The van der Waals surface area contributed by atoms with Gasteiger partial charge >= 0.3 is 0 Å². The average molecular weight is 1920 g/mol. The molecule has 0 aliphatic heterocycles. The van der Waals surface area contributed by atoms with Crippen molar-refractivity contribution in [3.8, 4) is 153 Å². The maximum Gasteiger partial charge on any atom is 0.167 e. The van der Waals surface area contributed by atoms with Gasteiger partial charge in [-0.15, -0.1) is 0 Å². The zero-order valence-electron chi connectivity index (χ0n) is 80.6. The van der Waals surface area contributed by atoms with Gasteiger partial charge in [0.05, 0.1) is 38.7 Å². The van der Waals surface area contributed by atoms with Crippen molar-refractivity contribution < 1.29 is 13.3 Å². The van der Waals surface area contributed by atoms with Crippen LogP contribution < -0.4 is 0 Å². The van der Waals surface area contributed by atoms with Crippen molar-refractivity contribution in [2.45, 2.75) is 0 Å². The molecule has 30 rings (SSSR count). The van der Waals surface area contributed by atoms with E-state index in [-0.39, 0.29) is 0 Å². The Bertz CT molecular complexity index is 10400. The molecule has 0 amide bonds. The van der Waals surface area contributed by atoms with E-state index >= 15 is 0 Å². The first-order valence-corrected chi connectivity index (χ1v) is 50.1. The van der Waals surface area contributed by atoms with Crippen LogP contribution in [0, 0.1) is 0 Å². The Hall–Kier alpha value is -20.5. The van der Waals surface area contributed by atoms with E-state index in [2.05, 4.69) is 402 Å². The van der Waals surface area contributed by atoms with E-state index in [4.69, 9.17) is 58.1 Å². The van der Waals surface area contributed by atoms with Gasteiger partial charge in [-0.05, 0) is 197 Å². The molecule has 0 saturated carbocycles. The highest BCUT2D eigenvalue weighted by Crippen LogP contribution is 2.45. The van der Waals surface area contributed by atoms with E-state index in [1.54, 1.807) is 0 Å². The van der Waals surface area contributed by atoms with E-state index in [1.807, 2.05) is 121 Å². The summed E-state index contributed by atoms with van der Waals surface area (Å²) in [6.07, 6.45) is 0. The van der Waals surface area contributed by atoms with Gasteiger partial charge in [0, 0.05) is 126 Å². The zero-order valence-corrected chi connectivity index (χ0v) is 80.6. The highest BCUT2D eigenvalue weighted by Gasteiger charge is 2.26. The molecule has 702 valence electrons. The quantitative estimate of drug-likeness (QED) is 0.0953. The molecule has 0 aliphatic rings. The molecule has 9 aromatic heterocycles. The number of hydrogen-bond donors (Lipinski definition) is 0. The SMILES string of the molecule is c1ccc(-c2ccc(-c3nc(-c4ccc5c(c4)c4ccccc4n5-c4ccccc4)nc(-c4cccc5c4oc4ccccc45)n3)cc2)cc1.c1ccc(-c2ccc(-c3nc(-c4ccc5c(c4)oc4ccccc45)nc(-c4ccc5c(c4)c4ccccc4n5-c4ccccc4)n3)cc2)cc1.c1ccc(-c2ccc(-c3nc(-c4ccc5oc6ccccc6c5c4)nc(-c4ccc5c(c4)c4ccccc4n5-c4ccccc4)n3)cc2)cc1. The summed E-state index contributed by atoms with van der Waals surface area (Å²) in [5.41, 5.74) is 30.2. The number of hydrogen-bond acceptors (Lipinski definition) is 12. The van der Waals surface area contributed by atoms with E-state index in [9.17, 15) is 0 Å². The fraction of sp³-hybridized carbons (Fsp3) is 0. The normalized spacial score (nSPS) is 11.6. The van der Waals surface area contributed by atoms with Crippen molar-refractivity contribution in [2.24, 2.45) is 0 Å². The number of furan rings is 3. The van der Waals surface area contributed by atoms with Gasteiger partial charge in [0.2, 0.25) is 0 Å². The average Bonchev–Trinajstić information content (AvgIpc) is 1.59. The lowest BCUT2D eigenvalue weighted by atomic mass is 10.0. The van der Waals surface area contributed by atoms with Crippen LogP contribution in [0.3, 0.4) is 0 Å². The summed E-state index contributed by atoms with van der Waals surface area (Å²) in [5, 5.41) is 13.3. The van der Waals surface area contributed by atoms with Crippen LogP contribution in [-0.4, -0.2) is 58.6 Å². The molecule has 21 aromatic carbocycles. The molecule has 0 saturated heterocycles. The Morgan fingerprint density at radius 1 is 0.127 bits per heavy atom. The molecule has 15 nitrogen and oxygen atoms in total. The van der Waals surface area contributed by atoms with Crippen LogP contribution in [0.4, 0.5) is 0 Å². The first-order valence-electron chi connectivity index (χ1n) is 50.1. The first-order chi connectivity index (χ1) is 74.3. The van der Waals surface area contributed by atoms with Gasteiger partial charge in [0.1, 0.15) is 33.5 Å².